The molecule has 1 aromatic carbocycles. The summed E-state index contributed by atoms with van der Waals surface area (Å²) >= 11 is 1.48. The summed E-state index contributed by atoms with van der Waals surface area (Å²) in [5, 5.41) is 5.19. The predicted molar refractivity (Wildman–Crippen MR) is 86.2 cm³/mol. The van der Waals surface area contributed by atoms with Crippen LogP contribution in [0.3, 0.4) is 0 Å². The van der Waals surface area contributed by atoms with Gasteiger partial charge < -0.3 is 5.32 Å². The molecule has 1 aliphatic rings. The van der Waals surface area contributed by atoms with Crippen molar-refractivity contribution >= 4 is 27.0 Å². The molecule has 4 nitrogen and oxygen atoms in total. The highest BCUT2D eigenvalue weighted by molar-refractivity contribution is 7.93. The molecule has 3 rings (SSSR count). The Morgan fingerprint density at radius 2 is 2.10 bits per heavy atom. The molecule has 0 unspecified atom stereocenters. The van der Waals surface area contributed by atoms with E-state index in [9.17, 15) is 8.42 Å². The number of hydrogen-bond donors (Lipinski definition) is 2. The van der Waals surface area contributed by atoms with E-state index in [1.165, 1.54) is 24.2 Å². The van der Waals surface area contributed by atoms with Crippen LogP contribution in [0.2, 0.25) is 0 Å². The Balaban J connectivity index is 1.79. The minimum Gasteiger partial charge on any atom is -0.309 e. The molecule has 112 valence electrons. The molecule has 21 heavy (non-hydrogen) atoms. The Bertz CT molecular complexity index is 734. The molecule has 2 aromatic rings. The van der Waals surface area contributed by atoms with E-state index in [1.807, 2.05) is 30.5 Å². The van der Waals surface area contributed by atoms with Crippen LogP contribution in [0, 0.1) is 6.92 Å². The molecule has 6 heteroatoms. The van der Waals surface area contributed by atoms with Crippen LogP contribution in [0.25, 0.3) is 0 Å². The van der Waals surface area contributed by atoms with Crippen molar-refractivity contribution < 1.29 is 8.42 Å². The fraction of sp³-hybridized carbons (Fsp3) is 0.333. The zero-order valence-corrected chi connectivity index (χ0v) is 13.4. The maximum absolute atomic E-state index is 12.5. The van der Waals surface area contributed by atoms with E-state index in [4.69, 9.17) is 0 Å². The van der Waals surface area contributed by atoms with E-state index >= 15 is 0 Å². The van der Waals surface area contributed by atoms with Crippen molar-refractivity contribution in [1.29, 1.82) is 0 Å². The first kappa shape index (κ1) is 14.6. The monoisotopic (exact) mass is 322 g/mol. The third-order valence-corrected chi connectivity index (χ3v) is 5.91. The molecular weight excluding hydrogens is 304 g/mol. The van der Waals surface area contributed by atoms with Crippen LogP contribution in [0.15, 0.2) is 40.6 Å². The van der Waals surface area contributed by atoms with Gasteiger partial charge in [0.05, 0.1) is 0 Å². The SMILES string of the molecule is Cc1cccc(NS(=O)(=O)c2ccsc2CNC2CC2)c1. The van der Waals surface area contributed by atoms with Crippen molar-refractivity contribution in [3.05, 3.63) is 46.2 Å². The second-order valence-corrected chi connectivity index (χ2v) is 7.99. The maximum atomic E-state index is 12.5. The largest absolute Gasteiger partial charge is 0.309 e. The Hall–Kier alpha value is -1.37. The highest BCUT2D eigenvalue weighted by atomic mass is 32.2. The lowest BCUT2D eigenvalue weighted by Crippen LogP contribution is -2.18. The van der Waals surface area contributed by atoms with Gasteiger partial charge in [-0.05, 0) is 48.9 Å². The lowest BCUT2D eigenvalue weighted by atomic mass is 10.2. The van der Waals surface area contributed by atoms with Crippen molar-refractivity contribution in [2.24, 2.45) is 0 Å². The third kappa shape index (κ3) is 3.64. The van der Waals surface area contributed by atoms with Gasteiger partial charge >= 0.3 is 0 Å². The van der Waals surface area contributed by atoms with Gasteiger partial charge in [0, 0.05) is 23.2 Å². The second kappa shape index (κ2) is 5.79. The highest BCUT2D eigenvalue weighted by Crippen LogP contribution is 2.26. The quantitative estimate of drug-likeness (QED) is 0.859. The molecule has 0 bridgehead atoms. The molecule has 0 atom stereocenters. The molecule has 1 aromatic heterocycles. The number of benzene rings is 1. The minimum atomic E-state index is -3.52. The molecule has 0 saturated heterocycles. The number of hydrogen-bond acceptors (Lipinski definition) is 4. The molecule has 0 aliphatic heterocycles. The molecular formula is C15H18N2O2S2. The number of rotatable bonds is 6. The van der Waals surface area contributed by atoms with Crippen molar-refractivity contribution in [2.75, 3.05) is 4.72 Å². The third-order valence-electron chi connectivity index (χ3n) is 3.39. The van der Waals surface area contributed by atoms with E-state index in [1.54, 1.807) is 12.1 Å². The maximum Gasteiger partial charge on any atom is 0.263 e. The van der Waals surface area contributed by atoms with E-state index in [2.05, 4.69) is 10.0 Å². The molecule has 1 fully saturated rings. The first-order valence-corrected chi connectivity index (χ1v) is 9.30. The summed E-state index contributed by atoms with van der Waals surface area (Å²) in [7, 11) is -3.52. The Labute approximate surface area is 129 Å². The number of sulfonamides is 1. The Kier molecular flexibility index (Phi) is 4.01. The fourth-order valence-electron chi connectivity index (χ4n) is 2.14. The van der Waals surface area contributed by atoms with Crippen molar-refractivity contribution in [3.8, 4) is 0 Å². The van der Waals surface area contributed by atoms with Crippen LogP contribution < -0.4 is 10.0 Å². The number of aryl methyl sites for hydroxylation is 1. The number of anilines is 1. The van der Waals surface area contributed by atoms with Gasteiger partial charge in [-0.25, -0.2) is 8.42 Å². The molecule has 1 aliphatic carbocycles. The second-order valence-electron chi connectivity index (χ2n) is 5.34. The molecule has 0 radical (unpaired) electrons. The molecule has 2 N–H and O–H groups in total. The standard InChI is InChI=1S/C15H18N2O2S2/c1-11-3-2-4-13(9-11)17-21(18,19)15-7-8-20-14(15)10-16-12-5-6-12/h2-4,7-9,12,16-17H,5-6,10H2,1H3. The lowest BCUT2D eigenvalue weighted by molar-refractivity contribution is 0.599. The lowest BCUT2D eigenvalue weighted by Gasteiger charge is -2.10. The predicted octanol–water partition coefficient (Wildman–Crippen LogP) is 3.11. The van der Waals surface area contributed by atoms with Crippen molar-refractivity contribution in [2.45, 2.75) is 37.2 Å². The van der Waals surface area contributed by atoms with Crippen molar-refractivity contribution in [3.63, 3.8) is 0 Å². The van der Waals surface area contributed by atoms with Crippen LogP contribution in [0.5, 0.6) is 0 Å². The molecule has 0 spiro atoms. The zero-order chi connectivity index (χ0) is 14.9. The minimum absolute atomic E-state index is 0.377. The zero-order valence-electron chi connectivity index (χ0n) is 11.8. The number of nitrogens with one attached hydrogen (secondary N) is 2. The average Bonchev–Trinajstić information content (AvgIpc) is 3.12. The Morgan fingerprint density at radius 3 is 2.81 bits per heavy atom. The van der Waals surface area contributed by atoms with Gasteiger partial charge in [0.1, 0.15) is 4.90 Å². The first-order chi connectivity index (χ1) is 10.0. The topological polar surface area (TPSA) is 58.2 Å². The summed E-state index contributed by atoms with van der Waals surface area (Å²) in [6.07, 6.45) is 2.38. The summed E-state index contributed by atoms with van der Waals surface area (Å²) in [5.41, 5.74) is 1.62. The Morgan fingerprint density at radius 1 is 1.29 bits per heavy atom. The van der Waals surface area contributed by atoms with E-state index < -0.39 is 10.0 Å². The van der Waals surface area contributed by atoms with Crippen molar-refractivity contribution in [1.82, 2.24) is 5.32 Å². The van der Waals surface area contributed by atoms with Gasteiger partial charge in [-0.15, -0.1) is 11.3 Å². The van der Waals surface area contributed by atoms with E-state index in [0.717, 1.165) is 10.4 Å². The molecule has 0 amide bonds. The van der Waals surface area contributed by atoms with Crippen LogP contribution >= 0.6 is 11.3 Å². The number of thiophene rings is 1. The molecule has 1 saturated carbocycles. The normalized spacial score (nSPS) is 15.1. The van der Waals surface area contributed by atoms with E-state index in [-0.39, 0.29) is 0 Å². The van der Waals surface area contributed by atoms with Crippen LogP contribution in [0.4, 0.5) is 5.69 Å². The summed E-state index contributed by atoms with van der Waals surface area (Å²) < 4.78 is 27.7. The van der Waals surface area contributed by atoms with Gasteiger partial charge in [0.15, 0.2) is 0 Å². The average molecular weight is 322 g/mol. The molecule has 1 heterocycles. The summed E-state index contributed by atoms with van der Waals surface area (Å²) in [5.74, 6) is 0. The van der Waals surface area contributed by atoms with Crippen LogP contribution in [-0.4, -0.2) is 14.5 Å². The highest BCUT2D eigenvalue weighted by Gasteiger charge is 2.24. The van der Waals surface area contributed by atoms with Gasteiger partial charge in [-0.2, -0.15) is 0 Å². The van der Waals surface area contributed by atoms with Gasteiger partial charge in [-0.3, -0.25) is 4.72 Å². The van der Waals surface area contributed by atoms with Gasteiger partial charge in [0.25, 0.3) is 10.0 Å². The van der Waals surface area contributed by atoms with E-state index in [0.29, 0.717) is 23.2 Å². The van der Waals surface area contributed by atoms with Gasteiger partial charge in [-0.1, -0.05) is 12.1 Å². The summed E-state index contributed by atoms with van der Waals surface area (Å²) in [4.78, 5) is 1.24. The summed E-state index contributed by atoms with van der Waals surface area (Å²) in [6.45, 7) is 2.56. The fourth-order valence-corrected chi connectivity index (χ4v) is 4.59. The van der Waals surface area contributed by atoms with Crippen LogP contribution in [0.1, 0.15) is 23.3 Å². The summed E-state index contributed by atoms with van der Waals surface area (Å²) in [6, 6.07) is 9.61. The first-order valence-electron chi connectivity index (χ1n) is 6.94. The van der Waals surface area contributed by atoms with Gasteiger partial charge in [0.2, 0.25) is 0 Å². The van der Waals surface area contributed by atoms with Crippen LogP contribution in [-0.2, 0) is 16.6 Å². The smallest absolute Gasteiger partial charge is 0.263 e.